The summed E-state index contributed by atoms with van der Waals surface area (Å²) < 4.78 is 25.4. The normalized spacial score (nSPS) is 12.1. The Morgan fingerprint density at radius 1 is 1.25 bits per heavy atom. The van der Waals surface area contributed by atoms with Gasteiger partial charge < -0.3 is 14.3 Å². The highest BCUT2D eigenvalue weighted by Crippen LogP contribution is 2.24. The van der Waals surface area contributed by atoms with Crippen molar-refractivity contribution in [3.63, 3.8) is 0 Å². The first-order chi connectivity index (χ1) is 13.5. The fourth-order valence-corrected chi connectivity index (χ4v) is 2.98. The molecule has 0 radical (unpaired) electrons. The Labute approximate surface area is 159 Å². The maximum absolute atomic E-state index is 13.3. The van der Waals surface area contributed by atoms with Crippen LogP contribution in [0.5, 0.6) is 0 Å². The summed E-state index contributed by atoms with van der Waals surface area (Å²) in [6, 6.07) is 9.46. The number of anilines is 1. The van der Waals surface area contributed by atoms with Gasteiger partial charge in [0.15, 0.2) is 11.5 Å². The zero-order valence-electron chi connectivity index (χ0n) is 15.2. The molecule has 0 aliphatic rings. The molecular formula is C20H17FN4O3. The lowest BCUT2D eigenvalue weighted by molar-refractivity contribution is 0.101. The van der Waals surface area contributed by atoms with Crippen molar-refractivity contribution in [1.29, 1.82) is 0 Å². The number of amides is 1. The molecule has 4 aromatic rings. The summed E-state index contributed by atoms with van der Waals surface area (Å²) in [6.07, 6.45) is 4.76. The Hall–Kier alpha value is -3.68. The van der Waals surface area contributed by atoms with Crippen LogP contribution in [0.3, 0.4) is 0 Å². The lowest BCUT2D eigenvalue weighted by atomic mass is 10.0. The van der Waals surface area contributed by atoms with Gasteiger partial charge in [-0.2, -0.15) is 5.10 Å². The van der Waals surface area contributed by atoms with E-state index in [0.717, 1.165) is 11.1 Å². The van der Waals surface area contributed by atoms with Crippen molar-refractivity contribution in [2.24, 2.45) is 0 Å². The molecule has 142 valence electrons. The summed E-state index contributed by atoms with van der Waals surface area (Å²) in [6.45, 7) is 3.80. The van der Waals surface area contributed by atoms with Crippen LogP contribution < -0.4 is 5.32 Å². The highest BCUT2D eigenvalue weighted by molar-refractivity contribution is 6.03. The van der Waals surface area contributed by atoms with Crippen LogP contribution in [-0.2, 0) is 0 Å². The molecule has 3 aromatic heterocycles. The molecule has 28 heavy (non-hydrogen) atoms. The van der Waals surface area contributed by atoms with Crippen LogP contribution in [0.25, 0.3) is 11.5 Å². The molecule has 1 unspecified atom stereocenters. The summed E-state index contributed by atoms with van der Waals surface area (Å²) >= 11 is 0. The lowest BCUT2D eigenvalue weighted by Crippen LogP contribution is -2.12. The fraction of sp³-hybridized carbons (Fsp3) is 0.150. The predicted molar refractivity (Wildman–Crippen MR) is 99.3 cm³/mol. The summed E-state index contributed by atoms with van der Waals surface area (Å²) in [4.78, 5) is 12.4. The Bertz CT molecular complexity index is 1110. The van der Waals surface area contributed by atoms with E-state index in [1.54, 1.807) is 35.3 Å². The van der Waals surface area contributed by atoms with E-state index in [-0.39, 0.29) is 17.6 Å². The number of aryl methyl sites for hydroxylation is 1. The zero-order valence-corrected chi connectivity index (χ0v) is 15.2. The van der Waals surface area contributed by atoms with Crippen LogP contribution in [0.4, 0.5) is 10.1 Å². The molecule has 1 aromatic carbocycles. The molecule has 0 aliphatic heterocycles. The number of benzene rings is 1. The smallest absolute Gasteiger partial charge is 0.277 e. The third-order valence-electron chi connectivity index (χ3n) is 4.44. The molecule has 4 rings (SSSR count). The molecule has 0 fully saturated rings. The predicted octanol–water partition coefficient (Wildman–Crippen LogP) is 4.44. The molecule has 0 saturated carbocycles. The van der Waals surface area contributed by atoms with E-state index in [0.29, 0.717) is 17.2 Å². The van der Waals surface area contributed by atoms with Crippen LogP contribution in [0.1, 0.15) is 34.6 Å². The molecular weight excluding hydrogens is 363 g/mol. The van der Waals surface area contributed by atoms with Gasteiger partial charge in [0, 0.05) is 12.3 Å². The largest absolute Gasteiger partial charge is 0.461 e. The number of halogens is 1. The average molecular weight is 380 g/mol. The van der Waals surface area contributed by atoms with Crippen LogP contribution in [-0.4, -0.2) is 20.8 Å². The van der Waals surface area contributed by atoms with Gasteiger partial charge in [-0.15, -0.1) is 0 Å². The summed E-state index contributed by atoms with van der Waals surface area (Å²) in [5.74, 6) is 0.157. The van der Waals surface area contributed by atoms with Crippen LogP contribution in [0, 0.1) is 12.7 Å². The Kier molecular flexibility index (Phi) is 4.52. The van der Waals surface area contributed by atoms with E-state index in [2.05, 4.69) is 15.6 Å². The van der Waals surface area contributed by atoms with Crippen molar-refractivity contribution in [3.8, 4) is 11.5 Å². The second kappa shape index (κ2) is 7.15. The van der Waals surface area contributed by atoms with Gasteiger partial charge in [0.05, 0.1) is 24.2 Å². The third-order valence-corrected chi connectivity index (χ3v) is 4.44. The van der Waals surface area contributed by atoms with Gasteiger partial charge in [0.25, 0.3) is 5.91 Å². The van der Waals surface area contributed by atoms with Gasteiger partial charge >= 0.3 is 0 Å². The first kappa shape index (κ1) is 17.7. The lowest BCUT2D eigenvalue weighted by Gasteiger charge is -2.15. The number of nitrogens with zero attached hydrogens (tertiary/aromatic N) is 3. The minimum Gasteiger partial charge on any atom is -0.461 e. The molecule has 1 amide bonds. The summed E-state index contributed by atoms with van der Waals surface area (Å²) in [5.41, 5.74) is 2.42. The average Bonchev–Trinajstić information content (AvgIpc) is 3.41. The van der Waals surface area contributed by atoms with Crippen LogP contribution >= 0.6 is 0 Å². The highest BCUT2D eigenvalue weighted by atomic mass is 19.1. The highest BCUT2D eigenvalue weighted by Gasteiger charge is 2.17. The minimum absolute atomic E-state index is 0.121. The molecule has 0 saturated heterocycles. The molecule has 1 atom stereocenters. The number of carbonyl (C=O) groups is 1. The van der Waals surface area contributed by atoms with E-state index in [9.17, 15) is 9.18 Å². The Balaban J connectivity index is 1.48. The van der Waals surface area contributed by atoms with Crippen LogP contribution in [0.15, 0.2) is 64.0 Å². The number of rotatable bonds is 5. The second-order valence-corrected chi connectivity index (χ2v) is 6.39. The van der Waals surface area contributed by atoms with Crippen molar-refractivity contribution in [1.82, 2.24) is 14.9 Å². The molecule has 8 heteroatoms. The zero-order chi connectivity index (χ0) is 19.7. The van der Waals surface area contributed by atoms with Gasteiger partial charge in [-0.1, -0.05) is 11.2 Å². The minimum atomic E-state index is -0.424. The van der Waals surface area contributed by atoms with Crippen molar-refractivity contribution >= 4 is 11.6 Å². The maximum Gasteiger partial charge on any atom is 0.277 e. The topological polar surface area (TPSA) is 86.1 Å². The van der Waals surface area contributed by atoms with E-state index >= 15 is 0 Å². The van der Waals surface area contributed by atoms with Crippen molar-refractivity contribution in [2.75, 3.05) is 5.32 Å². The molecule has 0 bridgehead atoms. The number of furan rings is 1. The van der Waals surface area contributed by atoms with Crippen molar-refractivity contribution in [2.45, 2.75) is 19.9 Å². The molecule has 3 heterocycles. The summed E-state index contributed by atoms with van der Waals surface area (Å²) in [5, 5.41) is 10.8. The molecule has 7 nitrogen and oxygen atoms in total. The number of aromatic nitrogens is 3. The molecule has 0 aliphatic carbocycles. The molecule has 0 spiro atoms. The quantitative estimate of drug-likeness (QED) is 0.553. The van der Waals surface area contributed by atoms with Crippen molar-refractivity contribution in [3.05, 3.63) is 77.7 Å². The number of nitrogens with one attached hydrogen (secondary N) is 1. The standard InChI is InChI=1S/C20H17FN4O3/c1-12-8-14(21)5-6-16(12)13(2)25-11-15(10-22-25)23-20(26)17-9-19(28-24-17)18-4-3-7-27-18/h3-11,13H,1-2H3,(H,23,26). The maximum atomic E-state index is 13.3. The van der Waals surface area contributed by atoms with Gasteiger partial charge in [-0.05, 0) is 49.2 Å². The second-order valence-electron chi connectivity index (χ2n) is 6.39. The Morgan fingerprint density at radius 3 is 2.86 bits per heavy atom. The Morgan fingerprint density at radius 2 is 2.11 bits per heavy atom. The van der Waals surface area contributed by atoms with Gasteiger partial charge in [-0.25, -0.2) is 4.39 Å². The van der Waals surface area contributed by atoms with E-state index < -0.39 is 5.91 Å². The molecule has 1 N–H and O–H groups in total. The van der Waals surface area contributed by atoms with E-state index in [1.807, 2.05) is 13.8 Å². The summed E-state index contributed by atoms with van der Waals surface area (Å²) in [7, 11) is 0. The van der Waals surface area contributed by atoms with Gasteiger partial charge in [-0.3, -0.25) is 9.48 Å². The van der Waals surface area contributed by atoms with E-state index in [4.69, 9.17) is 8.94 Å². The monoisotopic (exact) mass is 380 g/mol. The first-order valence-electron chi connectivity index (χ1n) is 8.63. The van der Waals surface area contributed by atoms with Crippen LogP contribution in [0.2, 0.25) is 0 Å². The third kappa shape index (κ3) is 3.44. The SMILES string of the molecule is Cc1cc(F)ccc1C(C)n1cc(NC(=O)c2cc(-c3ccco3)on2)cn1. The van der Waals surface area contributed by atoms with Gasteiger partial charge in [0.2, 0.25) is 5.76 Å². The van der Waals surface area contributed by atoms with E-state index in [1.165, 1.54) is 24.5 Å². The first-order valence-corrected chi connectivity index (χ1v) is 8.63. The number of hydrogen-bond acceptors (Lipinski definition) is 5. The van der Waals surface area contributed by atoms with Crippen molar-refractivity contribution < 1.29 is 18.1 Å². The fourth-order valence-electron chi connectivity index (χ4n) is 2.98. The number of hydrogen-bond donors (Lipinski definition) is 1. The van der Waals surface area contributed by atoms with Gasteiger partial charge in [0.1, 0.15) is 5.82 Å². The number of carbonyl (C=O) groups excluding carboxylic acids is 1.